The number of amides is 1. The lowest BCUT2D eigenvalue weighted by atomic mass is 10.3. The van der Waals surface area contributed by atoms with E-state index in [0.29, 0.717) is 13.0 Å². The first-order valence-corrected chi connectivity index (χ1v) is 6.10. The molecule has 1 heterocycles. The van der Waals surface area contributed by atoms with Crippen LogP contribution in [0, 0.1) is 6.92 Å². The zero-order chi connectivity index (χ0) is 13.7. The number of ether oxygens (including phenoxy) is 1. The molecule has 0 spiro atoms. The Morgan fingerprint density at radius 2 is 2.32 bits per heavy atom. The summed E-state index contributed by atoms with van der Waals surface area (Å²) in [5.41, 5.74) is 1.83. The third-order valence-electron chi connectivity index (χ3n) is 2.68. The molecule has 1 N–H and O–H groups in total. The van der Waals surface area contributed by atoms with Crippen molar-refractivity contribution in [2.45, 2.75) is 19.9 Å². The van der Waals surface area contributed by atoms with E-state index in [-0.39, 0.29) is 5.91 Å². The summed E-state index contributed by atoms with van der Waals surface area (Å²) in [6, 6.07) is 7.29. The van der Waals surface area contributed by atoms with Crippen LogP contribution in [0.3, 0.4) is 0 Å². The van der Waals surface area contributed by atoms with E-state index >= 15 is 0 Å². The lowest BCUT2D eigenvalue weighted by Gasteiger charge is -2.07. The molecule has 1 amide bonds. The van der Waals surface area contributed by atoms with Crippen molar-refractivity contribution < 1.29 is 9.53 Å². The van der Waals surface area contributed by atoms with E-state index in [2.05, 4.69) is 10.4 Å². The third kappa shape index (κ3) is 3.84. The summed E-state index contributed by atoms with van der Waals surface area (Å²) in [5.74, 6) is 0.682. The van der Waals surface area contributed by atoms with Gasteiger partial charge in [-0.25, -0.2) is 0 Å². The third-order valence-corrected chi connectivity index (χ3v) is 2.68. The number of nitrogens with zero attached hydrogens (tertiary/aromatic N) is 2. The van der Waals surface area contributed by atoms with Crippen LogP contribution in [-0.4, -0.2) is 22.8 Å². The Balaban J connectivity index is 1.86. The highest BCUT2D eigenvalue weighted by molar-refractivity contribution is 5.90. The van der Waals surface area contributed by atoms with Crippen LogP contribution in [0.2, 0.25) is 0 Å². The second-order valence-electron chi connectivity index (χ2n) is 4.31. The van der Waals surface area contributed by atoms with Gasteiger partial charge >= 0.3 is 0 Å². The van der Waals surface area contributed by atoms with Gasteiger partial charge in [-0.1, -0.05) is 6.07 Å². The molecule has 0 radical (unpaired) electrons. The van der Waals surface area contributed by atoms with Gasteiger partial charge < -0.3 is 10.1 Å². The van der Waals surface area contributed by atoms with Crippen LogP contribution in [0.25, 0.3) is 0 Å². The number of carbonyl (C=O) groups is 1. The zero-order valence-electron chi connectivity index (χ0n) is 11.1. The molecule has 5 heteroatoms. The molecule has 19 heavy (non-hydrogen) atoms. The Labute approximate surface area is 112 Å². The molecule has 0 aliphatic carbocycles. The molecule has 0 bridgehead atoms. The molecule has 2 rings (SSSR count). The molecular weight excluding hydrogens is 242 g/mol. The van der Waals surface area contributed by atoms with E-state index in [1.165, 1.54) is 0 Å². The summed E-state index contributed by atoms with van der Waals surface area (Å²) in [5, 5.41) is 6.97. The van der Waals surface area contributed by atoms with Crippen LogP contribution in [0.1, 0.15) is 12.0 Å². The minimum atomic E-state index is -0.0404. The van der Waals surface area contributed by atoms with E-state index in [1.54, 1.807) is 24.1 Å². The quantitative estimate of drug-likeness (QED) is 0.895. The van der Waals surface area contributed by atoms with Gasteiger partial charge in [-0.2, -0.15) is 5.10 Å². The van der Waals surface area contributed by atoms with Gasteiger partial charge in [-0.15, -0.1) is 0 Å². The van der Waals surface area contributed by atoms with Crippen molar-refractivity contribution in [2.24, 2.45) is 0 Å². The summed E-state index contributed by atoms with van der Waals surface area (Å²) in [4.78, 5) is 11.8. The van der Waals surface area contributed by atoms with E-state index in [0.717, 1.165) is 17.0 Å². The highest BCUT2D eigenvalue weighted by Crippen LogP contribution is 2.16. The first-order valence-electron chi connectivity index (χ1n) is 6.10. The zero-order valence-corrected chi connectivity index (χ0v) is 11.1. The molecular formula is C14H17N3O2. The largest absolute Gasteiger partial charge is 0.497 e. The standard InChI is InChI=1S/C14H17N3O2/c1-11-9-15-17(10-11)7-6-14(18)16-12-4-3-5-13(8-12)19-2/h3-5,8-10H,6-7H2,1-2H3,(H,16,18). The predicted octanol–water partition coefficient (Wildman–Crippen LogP) is 2.23. The van der Waals surface area contributed by atoms with Crippen molar-refractivity contribution in [1.29, 1.82) is 0 Å². The van der Waals surface area contributed by atoms with E-state index in [4.69, 9.17) is 4.74 Å². The Hall–Kier alpha value is -2.30. The first kappa shape index (κ1) is 13.1. The summed E-state index contributed by atoms with van der Waals surface area (Å²) < 4.78 is 6.87. The number of rotatable bonds is 5. The molecule has 0 fully saturated rings. The van der Waals surface area contributed by atoms with Crippen molar-refractivity contribution in [2.75, 3.05) is 12.4 Å². The monoisotopic (exact) mass is 259 g/mol. The lowest BCUT2D eigenvalue weighted by Crippen LogP contribution is -2.14. The molecule has 1 aromatic carbocycles. The second-order valence-corrected chi connectivity index (χ2v) is 4.31. The number of aryl methyl sites for hydroxylation is 2. The van der Waals surface area contributed by atoms with E-state index in [9.17, 15) is 4.79 Å². The van der Waals surface area contributed by atoms with Gasteiger partial charge in [0.05, 0.1) is 13.3 Å². The maximum Gasteiger partial charge on any atom is 0.226 e. The van der Waals surface area contributed by atoms with Crippen molar-refractivity contribution in [1.82, 2.24) is 9.78 Å². The second kappa shape index (κ2) is 6.04. The number of hydrogen-bond donors (Lipinski definition) is 1. The van der Waals surface area contributed by atoms with Crippen LogP contribution in [0.15, 0.2) is 36.7 Å². The minimum Gasteiger partial charge on any atom is -0.497 e. The molecule has 0 aliphatic rings. The first-order chi connectivity index (χ1) is 9.17. The fraction of sp³-hybridized carbons (Fsp3) is 0.286. The van der Waals surface area contributed by atoms with Crippen molar-refractivity contribution in [3.8, 4) is 5.75 Å². The average molecular weight is 259 g/mol. The number of carbonyl (C=O) groups excluding carboxylic acids is 1. The normalized spacial score (nSPS) is 10.2. The topological polar surface area (TPSA) is 56.1 Å². The molecule has 0 aliphatic heterocycles. The smallest absolute Gasteiger partial charge is 0.226 e. The molecule has 0 saturated carbocycles. The Bertz CT molecular complexity index is 563. The number of benzene rings is 1. The van der Waals surface area contributed by atoms with Crippen molar-refractivity contribution in [3.05, 3.63) is 42.2 Å². The van der Waals surface area contributed by atoms with E-state index < -0.39 is 0 Å². The summed E-state index contributed by atoms with van der Waals surface area (Å²) in [7, 11) is 1.60. The Morgan fingerprint density at radius 3 is 3.00 bits per heavy atom. The van der Waals surface area contributed by atoms with Crippen LogP contribution < -0.4 is 10.1 Å². The Kier molecular flexibility index (Phi) is 4.18. The van der Waals surface area contributed by atoms with Crippen molar-refractivity contribution in [3.63, 3.8) is 0 Å². The maximum atomic E-state index is 11.8. The van der Waals surface area contributed by atoms with Gasteiger partial charge in [-0.05, 0) is 24.6 Å². The van der Waals surface area contributed by atoms with E-state index in [1.807, 2.05) is 31.3 Å². The van der Waals surface area contributed by atoms with Gasteiger partial charge in [0.2, 0.25) is 5.91 Å². The molecule has 0 atom stereocenters. The summed E-state index contributed by atoms with van der Waals surface area (Å²) in [6.07, 6.45) is 4.08. The molecule has 5 nitrogen and oxygen atoms in total. The van der Waals surface area contributed by atoms with Gasteiger partial charge in [0.25, 0.3) is 0 Å². The molecule has 1 aromatic heterocycles. The highest BCUT2D eigenvalue weighted by atomic mass is 16.5. The number of anilines is 1. The number of methoxy groups -OCH3 is 1. The fourth-order valence-corrected chi connectivity index (χ4v) is 1.73. The SMILES string of the molecule is COc1cccc(NC(=O)CCn2cc(C)cn2)c1. The van der Waals surface area contributed by atoms with Gasteiger partial charge in [0, 0.05) is 30.9 Å². The van der Waals surface area contributed by atoms with Crippen molar-refractivity contribution >= 4 is 11.6 Å². The predicted molar refractivity (Wildman–Crippen MR) is 73.2 cm³/mol. The number of aromatic nitrogens is 2. The lowest BCUT2D eigenvalue weighted by molar-refractivity contribution is -0.116. The molecule has 100 valence electrons. The average Bonchev–Trinajstić information content (AvgIpc) is 2.82. The minimum absolute atomic E-state index is 0.0404. The van der Waals surface area contributed by atoms with Gasteiger partial charge in [0.1, 0.15) is 5.75 Å². The highest BCUT2D eigenvalue weighted by Gasteiger charge is 2.04. The number of nitrogens with one attached hydrogen (secondary N) is 1. The summed E-state index contributed by atoms with van der Waals surface area (Å²) >= 11 is 0. The molecule has 0 unspecified atom stereocenters. The van der Waals surface area contributed by atoms with Crippen LogP contribution in [-0.2, 0) is 11.3 Å². The molecule has 2 aromatic rings. The molecule has 0 saturated heterocycles. The van der Waals surface area contributed by atoms with Gasteiger partial charge in [-0.3, -0.25) is 9.48 Å². The van der Waals surface area contributed by atoms with Gasteiger partial charge in [0.15, 0.2) is 0 Å². The Morgan fingerprint density at radius 1 is 1.47 bits per heavy atom. The van der Waals surface area contributed by atoms with Crippen LogP contribution in [0.4, 0.5) is 5.69 Å². The number of hydrogen-bond acceptors (Lipinski definition) is 3. The van der Waals surface area contributed by atoms with Crippen LogP contribution >= 0.6 is 0 Å². The van der Waals surface area contributed by atoms with Crippen LogP contribution in [0.5, 0.6) is 5.75 Å². The maximum absolute atomic E-state index is 11.8. The summed E-state index contributed by atoms with van der Waals surface area (Å²) in [6.45, 7) is 2.55. The fourth-order valence-electron chi connectivity index (χ4n) is 1.73.